The molecule has 0 amide bonds. The number of H-pyrrole nitrogens is 1. The SMILES string of the molecule is CCC[n+]1ccc(OCCC(=O)SCCc2cn[nH]n2)cc1.[Br-]. The van der Waals surface area contributed by atoms with Crippen LogP contribution in [-0.4, -0.2) is 32.9 Å². The van der Waals surface area contributed by atoms with Crippen LogP contribution in [0.2, 0.25) is 0 Å². The van der Waals surface area contributed by atoms with E-state index >= 15 is 0 Å². The second-order valence-corrected chi connectivity index (χ2v) is 5.95. The van der Waals surface area contributed by atoms with Crippen LogP contribution in [0, 0.1) is 0 Å². The molecule has 0 saturated carbocycles. The van der Waals surface area contributed by atoms with Crippen molar-refractivity contribution in [2.75, 3.05) is 12.4 Å². The maximum atomic E-state index is 11.7. The first-order valence-corrected chi connectivity index (χ1v) is 8.38. The summed E-state index contributed by atoms with van der Waals surface area (Å²) in [5.74, 6) is 1.51. The molecule has 0 saturated heterocycles. The van der Waals surface area contributed by atoms with Gasteiger partial charge in [0.1, 0.15) is 12.3 Å². The molecule has 0 fully saturated rings. The number of hydrogen-bond acceptors (Lipinski definition) is 5. The van der Waals surface area contributed by atoms with Gasteiger partial charge in [0.25, 0.3) is 0 Å². The van der Waals surface area contributed by atoms with E-state index in [9.17, 15) is 4.79 Å². The minimum absolute atomic E-state index is 0. The van der Waals surface area contributed by atoms with Crippen molar-refractivity contribution in [2.24, 2.45) is 0 Å². The van der Waals surface area contributed by atoms with Gasteiger partial charge >= 0.3 is 0 Å². The number of aromatic nitrogens is 4. The maximum absolute atomic E-state index is 11.7. The van der Waals surface area contributed by atoms with Crippen molar-refractivity contribution < 1.29 is 31.1 Å². The van der Waals surface area contributed by atoms with Crippen molar-refractivity contribution >= 4 is 16.9 Å². The van der Waals surface area contributed by atoms with E-state index < -0.39 is 0 Å². The van der Waals surface area contributed by atoms with E-state index in [2.05, 4.69) is 26.9 Å². The lowest BCUT2D eigenvalue weighted by Gasteiger charge is -2.04. The monoisotopic (exact) mass is 400 g/mol. The number of rotatable bonds is 9. The number of halogens is 1. The van der Waals surface area contributed by atoms with E-state index in [1.54, 1.807) is 6.20 Å². The summed E-state index contributed by atoms with van der Waals surface area (Å²) in [5, 5.41) is 10.4. The van der Waals surface area contributed by atoms with Gasteiger partial charge in [0.15, 0.2) is 17.5 Å². The molecule has 2 rings (SSSR count). The van der Waals surface area contributed by atoms with Gasteiger partial charge in [-0.05, 0) is 0 Å². The van der Waals surface area contributed by atoms with Gasteiger partial charge in [-0.1, -0.05) is 18.7 Å². The number of nitrogens with zero attached hydrogens (tertiary/aromatic N) is 3. The largest absolute Gasteiger partial charge is 1.00 e. The van der Waals surface area contributed by atoms with Gasteiger partial charge < -0.3 is 21.7 Å². The highest BCUT2D eigenvalue weighted by Gasteiger charge is 2.06. The Hall–Kier alpha value is -1.41. The summed E-state index contributed by atoms with van der Waals surface area (Å²) in [6, 6.07) is 3.86. The van der Waals surface area contributed by atoms with Crippen molar-refractivity contribution in [1.29, 1.82) is 0 Å². The number of aromatic amines is 1. The summed E-state index contributed by atoms with van der Waals surface area (Å²) in [7, 11) is 0. The topological polar surface area (TPSA) is 71.8 Å². The van der Waals surface area contributed by atoms with Gasteiger partial charge in [-0.2, -0.15) is 15.4 Å². The third kappa shape index (κ3) is 7.60. The standard InChI is InChI=1S/C15H21N4O2S.BrH/c1-2-7-19-8-3-14(4-9-19)21-10-5-15(20)22-11-6-13-12-16-18-17-13;/h3-4,8-9,12H,2,5-7,10-11H2,1H3,(H,16,17,18);1H/q+1;/p-1. The first kappa shape index (κ1) is 19.6. The van der Waals surface area contributed by atoms with Crippen molar-refractivity contribution in [3.63, 3.8) is 0 Å². The Morgan fingerprint density at radius 1 is 1.39 bits per heavy atom. The smallest absolute Gasteiger partial charge is 0.192 e. The minimum atomic E-state index is 0. The van der Waals surface area contributed by atoms with E-state index in [0.717, 1.165) is 30.8 Å². The highest BCUT2D eigenvalue weighted by atomic mass is 79.9. The molecule has 0 aliphatic heterocycles. The van der Waals surface area contributed by atoms with E-state index in [4.69, 9.17) is 4.74 Å². The molecule has 0 radical (unpaired) electrons. The Morgan fingerprint density at radius 2 is 2.17 bits per heavy atom. The van der Waals surface area contributed by atoms with E-state index in [0.29, 0.717) is 18.8 Å². The average molecular weight is 401 g/mol. The van der Waals surface area contributed by atoms with E-state index in [-0.39, 0.29) is 22.1 Å². The van der Waals surface area contributed by atoms with Gasteiger partial charge in [0, 0.05) is 30.7 Å². The lowest BCUT2D eigenvalue weighted by Crippen LogP contribution is -3.00. The normalized spacial score (nSPS) is 10.1. The lowest BCUT2D eigenvalue weighted by atomic mass is 10.4. The summed E-state index contributed by atoms with van der Waals surface area (Å²) < 4.78 is 7.70. The van der Waals surface area contributed by atoms with Crippen LogP contribution in [0.3, 0.4) is 0 Å². The van der Waals surface area contributed by atoms with Crippen LogP contribution in [0.15, 0.2) is 30.7 Å². The fourth-order valence-corrected chi connectivity index (χ4v) is 2.65. The molecule has 0 aliphatic carbocycles. The summed E-state index contributed by atoms with van der Waals surface area (Å²) in [6.07, 6.45) is 7.91. The molecule has 0 aromatic carbocycles. The molecular weight excluding hydrogens is 380 g/mol. The van der Waals surface area contributed by atoms with Crippen molar-refractivity contribution in [3.05, 3.63) is 36.4 Å². The quantitative estimate of drug-likeness (QED) is 0.534. The van der Waals surface area contributed by atoms with Gasteiger partial charge in [0.05, 0.1) is 24.9 Å². The molecule has 23 heavy (non-hydrogen) atoms. The number of pyridine rings is 1. The number of aryl methyl sites for hydroxylation is 2. The van der Waals surface area contributed by atoms with Crippen LogP contribution in [0.4, 0.5) is 0 Å². The van der Waals surface area contributed by atoms with E-state index in [1.165, 1.54) is 11.8 Å². The van der Waals surface area contributed by atoms with Crippen LogP contribution in [-0.2, 0) is 17.8 Å². The van der Waals surface area contributed by atoms with Gasteiger partial charge in [-0.15, -0.1) is 0 Å². The van der Waals surface area contributed by atoms with Crippen LogP contribution in [0.5, 0.6) is 5.75 Å². The first-order chi connectivity index (χ1) is 10.8. The highest BCUT2D eigenvalue weighted by molar-refractivity contribution is 8.13. The number of hydrogen-bond donors (Lipinski definition) is 1. The molecule has 0 atom stereocenters. The molecule has 0 aliphatic rings. The molecule has 6 nitrogen and oxygen atoms in total. The lowest BCUT2D eigenvalue weighted by molar-refractivity contribution is -0.697. The Balaban J connectivity index is 0.00000264. The molecular formula is C15H21BrN4O2S. The van der Waals surface area contributed by atoms with Gasteiger partial charge in [0.2, 0.25) is 0 Å². The van der Waals surface area contributed by atoms with E-state index in [1.807, 2.05) is 24.5 Å². The fourth-order valence-electron chi connectivity index (χ4n) is 1.89. The predicted molar refractivity (Wildman–Crippen MR) is 84.6 cm³/mol. The van der Waals surface area contributed by atoms with Crippen LogP contribution >= 0.6 is 11.8 Å². The molecule has 0 bridgehead atoms. The van der Waals surface area contributed by atoms with Crippen molar-refractivity contribution in [2.45, 2.75) is 32.7 Å². The molecule has 2 heterocycles. The van der Waals surface area contributed by atoms with Crippen molar-refractivity contribution in [1.82, 2.24) is 15.4 Å². The first-order valence-electron chi connectivity index (χ1n) is 7.40. The second kappa shape index (κ2) is 11.2. The van der Waals surface area contributed by atoms with Crippen LogP contribution in [0.25, 0.3) is 0 Å². The Morgan fingerprint density at radius 3 is 2.83 bits per heavy atom. The van der Waals surface area contributed by atoms with Gasteiger partial charge in [-0.25, -0.2) is 4.57 Å². The van der Waals surface area contributed by atoms with Crippen LogP contribution in [0.1, 0.15) is 25.5 Å². The molecule has 2 aromatic heterocycles. The zero-order valence-corrected chi connectivity index (χ0v) is 15.5. The molecule has 2 aromatic rings. The summed E-state index contributed by atoms with van der Waals surface area (Å²) in [4.78, 5) is 11.7. The number of carbonyl (C=O) groups is 1. The zero-order valence-electron chi connectivity index (χ0n) is 13.1. The van der Waals surface area contributed by atoms with Crippen molar-refractivity contribution in [3.8, 4) is 5.75 Å². The third-order valence-corrected chi connectivity index (χ3v) is 3.94. The summed E-state index contributed by atoms with van der Waals surface area (Å²) in [5.41, 5.74) is 0.876. The molecule has 8 heteroatoms. The Kier molecular flexibility index (Phi) is 9.54. The Bertz CT molecular complexity index is 563. The molecule has 0 unspecified atom stereocenters. The average Bonchev–Trinajstić information content (AvgIpc) is 3.03. The maximum Gasteiger partial charge on any atom is 0.192 e. The van der Waals surface area contributed by atoms with Gasteiger partial charge in [-0.3, -0.25) is 4.79 Å². The number of ether oxygens (including phenoxy) is 1. The van der Waals surface area contributed by atoms with Crippen LogP contribution < -0.4 is 26.3 Å². The summed E-state index contributed by atoms with van der Waals surface area (Å²) >= 11 is 1.31. The number of carbonyl (C=O) groups excluding carboxylic acids is 1. The predicted octanol–water partition coefficient (Wildman–Crippen LogP) is -1.22. The Labute approximate surface area is 150 Å². The molecule has 1 N–H and O–H groups in total. The highest BCUT2D eigenvalue weighted by Crippen LogP contribution is 2.10. The number of thioether (sulfide) groups is 1. The summed E-state index contributed by atoms with van der Waals surface area (Å²) in [6.45, 7) is 3.55. The second-order valence-electron chi connectivity index (χ2n) is 4.80. The number of nitrogens with one attached hydrogen (secondary N) is 1. The third-order valence-electron chi connectivity index (χ3n) is 3.00. The zero-order chi connectivity index (χ0) is 15.6. The minimum Gasteiger partial charge on any atom is -1.00 e. The fraction of sp³-hybridized carbons (Fsp3) is 0.467. The molecule has 0 spiro atoms. The molecule has 126 valence electrons.